The minimum atomic E-state index is -0.306. The van der Waals surface area contributed by atoms with Crippen LogP contribution in [0.3, 0.4) is 0 Å². The van der Waals surface area contributed by atoms with Gasteiger partial charge in [-0.15, -0.1) is 5.10 Å². The molecule has 0 N–H and O–H groups in total. The minimum absolute atomic E-state index is 0.0682. The monoisotopic (exact) mass is 451 g/mol. The first-order valence-electron chi connectivity index (χ1n) is 11.2. The number of fused-ring (bicyclic) bond motifs is 1. The maximum Gasteiger partial charge on any atom is 0.226 e. The third-order valence-corrected chi connectivity index (χ3v) is 6.29. The van der Waals surface area contributed by atoms with Crippen LogP contribution in [0.2, 0.25) is 0 Å². The SMILES string of the molecule is Cc1nnn(-c2ccc(F)cc2)c1COc1ccc2c(n1)CCN(C(=O)C1CCOCC1)C2. The lowest BCUT2D eigenvalue weighted by atomic mass is 9.96. The second kappa shape index (κ2) is 9.27. The zero-order chi connectivity index (χ0) is 22.8. The molecule has 8 nitrogen and oxygen atoms in total. The van der Waals surface area contributed by atoms with Crippen molar-refractivity contribution in [2.24, 2.45) is 5.92 Å². The van der Waals surface area contributed by atoms with Crippen LogP contribution in [0.25, 0.3) is 5.69 Å². The summed E-state index contributed by atoms with van der Waals surface area (Å²) in [4.78, 5) is 19.5. The van der Waals surface area contributed by atoms with E-state index in [1.54, 1.807) is 16.8 Å². The van der Waals surface area contributed by atoms with Gasteiger partial charge in [0.15, 0.2) is 0 Å². The maximum absolute atomic E-state index is 13.3. The van der Waals surface area contributed by atoms with Crippen LogP contribution < -0.4 is 4.74 Å². The number of carbonyl (C=O) groups is 1. The van der Waals surface area contributed by atoms with Crippen LogP contribution in [0.5, 0.6) is 5.88 Å². The molecular formula is C24H26FN5O3. The zero-order valence-electron chi connectivity index (χ0n) is 18.5. The van der Waals surface area contributed by atoms with Gasteiger partial charge < -0.3 is 14.4 Å². The number of benzene rings is 1. The summed E-state index contributed by atoms with van der Waals surface area (Å²) in [6, 6.07) is 9.90. The Labute approximate surface area is 191 Å². The number of halogens is 1. The van der Waals surface area contributed by atoms with Gasteiger partial charge in [0.05, 0.1) is 17.1 Å². The van der Waals surface area contributed by atoms with Gasteiger partial charge in [-0.25, -0.2) is 14.1 Å². The van der Waals surface area contributed by atoms with Gasteiger partial charge in [-0.3, -0.25) is 4.79 Å². The lowest BCUT2D eigenvalue weighted by Gasteiger charge is -2.32. The number of aromatic nitrogens is 4. The van der Waals surface area contributed by atoms with Gasteiger partial charge in [-0.1, -0.05) is 11.3 Å². The highest BCUT2D eigenvalue weighted by molar-refractivity contribution is 5.79. The first-order valence-corrected chi connectivity index (χ1v) is 11.2. The van der Waals surface area contributed by atoms with Crippen LogP contribution >= 0.6 is 0 Å². The van der Waals surface area contributed by atoms with Gasteiger partial charge in [0, 0.05) is 44.7 Å². The summed E-state index contributed by atoms with van der Waals surface area (Å²) < 4.78 is 26.3. The molecule has 0 bridgehead atoms. The number of aryl methyl sites for hydroxylation is 1. The van der Waals surface area contributed by atoms with Crippen LogP contribution in [0.1, 0.15) is 35.5 Å². The van der Waals surface area contributed by atoms with Crippen molar-refractivity contribution in [3.05, 3.63) is 64.9 Å². The van der Waals surface area contributed by atoms with E-state index in [0.717, 1.165) is 35.5 Å². The molecule has 2 aliphatic heterocycles. The molecule has 0 atom stereocenters. The highest BCUT2D eigenvalue weighted by Crippen LogP contribution is 2.25. The fourth-order valence-electron chi connectivity index (χ4n) is 4.34. The third-order valence-electron chi connectivity index (χ3n) is 6.29. The molecule has 5 rings (SSSR count). The molecule has 1 fully saturated rings. The number of hydrogen-bond acceptors (Lipinski definition) is 6. The van der Waals surface area contributed by atoms with Crippen molar-refractivity contribution >= 4 is 5.91 Å². The first-order chi connectivity index (χ1) is 16.1. The Morgan fingerprint density at radius 3 is 2.76 bits per heavy atom. The van der Waals surface area contributed by atoms with Crippen molar-refractivity contribution in [1.29, 1.82) is 0 Å². The molecule has 2 aliphatic rings. The summed E-state index contributed by atoms with van der Waals surface area (Å²) in [7, 11) is 0. The molecule has 9 heteroatoms. The Morgan fingerprint density at radius 1 is 1.18 bits per heavy atom. The number of ether oxygens (including phenoxy) is 2. The lowest BCUT2D eigenvalue weighted by molar-refractivity contribution is -0.139. The first kappa shape index (κ1) is 21.5. The van der Waals surface area contributed by atoms with Crippen molar-refractivity contribution in [3.8, 4) is 11.6 Å². The number of rotatable bonds is 5. The van der Waals surface area contributed by atoms with E-state index in [1.807, 2.05) is 24.0 Å². The van der Waals surface area contributed by atoms with Gasteiger partial charge in [-0.2, -0.15) is 0 Å². The van der Waals surface area contributed by atoms with E-state index < -0.39 is 0 Å². The smallest absolute Gasteiger partial charge is 0.226 e. The fraction of sp³-hybridized carbons (Fsp3) is 0.417. The third kappa shape index (κ3) is 4.59. The highest BCUT2D eigenvalue weighted by Gasteiger charge is 2.29. The predicted octanol–water partition coefficient (Wildman–Crippen LogP) is 3.00. The van der Waals surface area contributed by atoms with E-state index >= 15 is 0 Å². The highest BCUT2D eigenvalue weighted by atomic mass is 19.1. The Balaban J connectivity index is 1.26. The molecule has 0 unspecified atom stereocenters. The fourth-order valence-corrected chi connectivity index (χ4v) is 4.34. The standard InChI is InChI=1S/C24H26FN5O3/c1-16-22(30(28-27-16)20-5-3-19(25)4-6-20)15-33-23-7-2-18-14-29(11-8-21(18)26-23)24(31)17-9-12-32-13-10-17/h2-7,17H,8-15H2,1H3. The van der Waals surface area contributed by atoms with Crippen molar-refractivity contribution in [1.82, 2.24) is 24.9 Å². The predicted molar refractivity (Wildman–Crippen MR) is 117 cm³/mol. The molecular weight excluding hydrogens is 425 g/mol. The van der Waals surface area contributed by atoms with Crippen LogP contribution in [0, 0.1) is 18.7 Å². The van der Waals surface area contributed by atoms with Crippen molar-refractivity contribution in [2.75, 3.05) is 19.8 Å². The lowest BCUT2D eigenvalue weighted by Crippen LogP contribution is -2.41. The maximum atomic E-state index is 13.3. The number of pyridine rings is 1. The summed E-state index contributed by atoms with van der Waals surface area (Å²) in [5.74, 6) is 0.504. The number of nitrogens with zero attached hydrogens (tertiary/aromatic N) is 5. The molecule has 0 radical (unpaired) electrons. The number of hydrogen-bond donors (Lipinski definition) is 0. The molecule has 0 saturated carbocycles. The van der Waals surface area contributed by atoms with E-state index in [1.165, 1.54) is 12.1 Å². The summed E-state index contributed by atoms with van der Waals surface area (Å²) in [6.45, 7) is 4.67. The van der Waals surface area contributed by atoms with E-state index in [9.17, 15) is 9.18 Å². The van der Waals surface area contributed by atoms with E-state index in [0.29, 0.717) is 44.3 Å². The Hall–Kier alpha value is -3.33. The van der Waals surface area contributed by atoms with Crippen molar-refractivity contribution < 1.29 is 18.7 Å². The number of carbonyl (C=O) groups excluding carboxylic acids is 1. The zero-order valence-corrected chi connectivity index (χ0v) is 18.5. The van der Waals surface area contributed by atoms with E-state index in [2.05, 4.69) is 15.3 Å². The summed E-state index contributed by atoms with van der Waals surface area (Å²) in [6.07, 6.45) is 2.31. The normalized spacial score (nSPS) is 16.5. The van der Waals surface area contributed by atoms with Crippen molar-refractivity contribution in [2.45, 2.75) is 39.3 Å². The van der Waals surface area contributed by atoms with Crippen LogP contribution in [0.4, 0.5) is 4.39 Å². The van der Waals surface area contributed by atoms with Crippen molar-refractivity contribution in [3.63, 3.8) is 0 Å². The molecule has 2 aromatic heterocycles. The quantitative estimate of drug-likeness (QED) is 0.593. The van der Waals surface area contributed by atoms with Gasteiger partial charge >= 0.3 is 0 Å². The molecule has 1 amide bonds. The van der Waals surface area contributed by atoms with Gasteiger partial charge in [-0.05, 0) is 49.6 Å². The summed E-state index contributed by atoms with van der Waals surface area (Å²) >= 11 is 0. The summed E-state index contributed by atoms with van der Waals surface area (Å²) in [5.41, 5.74) is 4.24. The van der Waals surface area contributed by atoms with Gasteiger partial charge in [0.25, 0.3) is 0 Å². The average molecular weight is 452 g/mol. The molecule has 1 saturated heterocycles. The molecule has 0 aliphatic carbocycles. The topological polar surface area (TPSA) is 82.4 Å². The molecule has 0 spiro atoms. The van der Waals surface area contributed by atoms with E-state index in [-0.39, 0.29) is 24.2 Å². The Kier molecular flexibility index (Phi) is 6.04. The average Bonchev–Trinajstić information content (AvgIpc) is 3.23. The second-order valence-electron chi connectivity index (χ2n) is 8.45. The number of amides is 1. The Morgan fingerprint density at radius 2 is 1.97 bits per heavy atom. The Bertz CT molecular complexity index is 1140. The van der Waals surface area contributed by atoms with Crippen LogP contribution in [0.15, 0.2) is 36.4 Å². The van der Waals surface area contributed by atoms with E-state index in [4.69, 9.17) is 9.47 Å². The van der Waals surface area contributed by atoms with Crippen LogP contribution in [-0.4, -0.2) is 50.5 Å². The molecule has 33 heavy (non-hydrogen) atoms. The molecule has 4 heterocycles. The second-order valence-corrected chi connectivity index (χ2v) is 8.45. The van der Waals surface area contributed by atoms with Gasteiger partial charge in [0.1, 0.15) is 18.1 Å². The largest absolute Gasteiger partial charge is 0.471 e. The van der Waals surface area contributed by atoms with Gasteiger partial charge in [0.2, 0.25) is 11.8 Å². The molecule has 172 valence electrons. The minimum Gasteiger partial charge on any atom is -0.471 e. The van der Waals surface area contributed by atoms with Crippen LogP contribution in [-0.2, 0) is 29.1 Å². The summed E-state index contributed by atoms with van der Waals surface area (Å²) in [5, 5.41) is 8.29. The molecule has 3 aromatic rings. The molecule has 1 aromatic carbocycles.